The average molecular weight is 150 g/mol. The van der Waals surface area contributed by atoms with Crippen LogP contribution in [0.5, 0.6) is 0 Å². The van der Waals surface area contributed by atoms with Crippen molar-refractivity contribution in [2.75, 3.05) is 20.8 Å². The highest BCUT2D eigenvalue weighted by atomic mass is 28.3. The molecule has 0 aliphatic heterocycles. The molecule has 1 unspecified atom stereocenters. The molecule has 0 heterocycles. The van der Waals surface area contributed by atoms with Gasteiger partial charge in [0.05, 0.1) is 12.7 Å². The summed E-state index contributed by atoms with van der Waals surface area (Å²) < 4.78 is 14.9. The molecule has 4 heteroatoms. The molecule has 0 N–H and O–H groups in total. The Balaban J connectivity index is 2.95. The smallest absolute Gasteiger partial charge is 0.304 e. The summed E-state index contributed by atoms with van der Waals surface area (Å²) in [5.41, 5.74) is 0. The Morgan fingerprint density at radius 2 is 2.11 bits per heavy atom. The number of ether oxygens (including phenoxy) is 1. The topological polar surface area (TPSA) is 27.7 Å². The fourth-order valence-electron chi connectivity index (χ4n) is 0.467. The number of hydrogen-bond donors (Lipinski definition) is 0. The maximum atomic E-state index is 5.22. The molecule has 0 radical (unpaired) electrons. The van der Waals surface area contributed by atoms with Crippen LogP contribution in [0.4, 0.5) is 0 Å². The second-order valence-corrected chi connectivity index (χ2v) is 2.99. The van der Waals surface area contributed by atoms with E-state index in [0.29, 0.717) is 6.61 Å². The Labute approximate surface area is 58.4 Å². The zero-order chi connectivity index (χ0) is 7.11. The third-order valence-electron chi connectivity index (χ3n) is 0.872. The van der Waals surface area contributed by atoms with Gasteiger partial charge in [-0.3, -0.25) is 0 Å². The summed E-state index contributed by atoms with van der Waals surface area (Å²) in [4.78, 5) is 0. The first-order valence-corrected chi connectivity index (χ1v) is 4.06. The lowest BCUT2D eigenvalue weighted by atomic mass is 10.5. The molecule has 0 saturated carbocycles. The van der Waals surface area contributed by atoms with Crippen molar-refractivity contribution < 1.29 is 13.6 Å². The van der Waals surface area contributed by atoms with Crippen LogP contribution in [0.1, 0.15) is 6.92 Å². The second kappa shape index (κ2) is 6.22. The standard InChI is InChI=1S/C5H14O3Si/c1-5(4-6-2)8-9-7-3/h5H,4,9H2,1-3H3. The molecule has 0 aromatic rings. The zero-order valence-electron chi connectivity index (χ0n) is 6.22. The fourth-order valence-corrected chi connectivity index (χ4v) is 0.932. The third-order valence-corrected chi connectivity index (χ3v) is 1.81. The summed E-state index contributed by atoms with van der Waals surface area (Å²) >= 11 is 0. The molecule has 3 nitrogen and oxygen atoms in total. The van der Waals surface area contributed by atoms with Crippen LogP contribution in [0.2, 0.25) is 0 Å². The molecule has 0 aliphatic carbocycles. The Kier molecular flexibility index (Phi) is 6.29. The van der Waals surface area contributed by atoms with E-state index in [9.17, 15) is 0 Å². The van der Waals surface area contributed by atoms with Gasteiger partial charge in [-0.2, -0.15) is 0 Å². The Bertz CT molecular complexity index is 60.2. The Morgan fingerprint density at radius 1 is 1.44 bits per heavy atom. The van der Waals surface area contributed by atoms with Crippen LogP contribution >= 0.6 is 0 Å². The highest BCUT2D eigenvalue weighted by Gasteiger charge is 1.98. The molecule has 0 fully saturated rings. The van der Waals surface area contributed by atoms with Crippen molar-refractivity contribution in [3.63, 3.8) is 0 Å². The maximum absolute atomic E-state index is 5.22. The monoisotopic (exact) mass is 150 g/mol. The zero-order valence-corrected chi connectivity index (χ0v) is 7.63. The van der Waals surface area contributed by atoms with Gasteiger partial charge in [0.2, 0.25) is 0 Å². The predicted molar refractivity (Wildman–Crippen MR) is 38.0 cm³/mol. The first-order valence-electron chi connectivity index (χ1n) is 2.90. The minimum Gasteiger partial charge on any atom is -0.402 e. The van der Waals surface area contributed by atoms with Crippen molar-refractivity contribution in [1.82, 2.24) is 0 Å². The SMILES string of the molecule is COCC(C)O[SiH2]OC. The summed E-state index contributed by atoms with van der Waals surface area (Å²) in [7, 11) is 2.59. The van der Waals surface area contributed by atoms with Crippen LogP contribution < -0.4 is 0 Å². The van der Waals surface area contributed by atoms with E-state index in [1.54, 1.807) is 14.2 Å². The first-order chi connectivity index (χ1) is 4.31. The van der Waals surface area contributed by atoms with Gasteiger partial charge >= 0.3 is 10.0 Å². The molecule has 0 saturated heterocycles. The summed E-state index contributed by atoms with van der Waals surface area (Å²) in [6.45, 7) is 2.62. The van der Waals surface area contributed by atoms with Gasteiger partial charge in [-0.15, -0.1) is 0 Å². The van der Waals surface area contributed by atoms with Gasteiger partial charge < -0.3 is 13.6 Å². The van der Waals surface area contributed by atoms with E-state index in [-0.39, 0.29) is 6.10 Å². The molecule has 0 spiro atoms. The lowest BCUT2D eigenvalue weighted by molar-refractivity contribution is 0.0814. The molecule has 0 rings (SSSR count). The number of rotatable bonds is 5. The van der Waals surface area contributed by atoms with Crippen molar-refractivity contribution in [2.45, 2.75) is 13.0 Å². The molecule has 1 atom stereocenters. The van der Waals surface area contributed by atoms with E-state index in [4.69, 9.17) is 13.6 Å². The summed E-state index contributed by atoms with van der Waals surface area (Å²) in [6, 6.07) is 0. The van der Waals surface area contributed by atoms with Gasteiger partial charge in [-0.25, -0.2) is 0 Å². The Morgan fingerprint density at radius 3 is 2.56 bits per heavy atom. The van der Waals surface area contributed by atoms with Crippen molar-refractivity contribution in [2.24, 2.45) is 0 Å². The van der Waals surface area contributed by atoms with Gasteiger partial charge in [0.25, 0.3) is 0 Å². The third kappa shape index (κ3) is 5.98. The van der Waals surface area contributed by atoms with Gasteiger partial charge in [0.15, 0.2) is 0 Å². The van der Waals surface area contributed by atoms with Crippen LogP contribution in [0.3, 0.4) is 0 Å². The molecule has 9 heavy (non-hydrogen) atoms. The fraction of sp³-hybridized carbons (Fsp3) is 1.00. The highest BCUT2D eigenvalue weighted by molar-refractivity contribution is 6.17. The number of hydrogen-bond acceptors (Lipinski definition) is 3. The van der Waals surface area contributed by atoms with Gasteiger partial charge in [-0.1, -0.05) is 0 Å². The lowest BCUT2D eigenvalue weighted by Crippen LogP contribution is -2.17. The highest BCUT2D eigenvalue weighted by Crippen LogP contribution is 1.87. The van der Waals surface area contributed by atoms with Crippen LogP contribution in [0.25, 0.3) is 0 Å². The molecular formula is C5H14O3Si. The maximum Gasteiger partial charge on any atom is 0.304 e. The molecule has 56 valence electrons. The van der Waals surface area contributed by atoms with Crippen molar-refractivity contribution in [3.8, 4) is 0 Å². The summed E-state index contributed by atoms with van der Waals surface area (Å²) in [6.07, 6.45) is 0.182. The normalized spacial score (nSPS) is 15.0. The van der Waals surface area contributed by atoms with Crippen LogP contribution in [0.15, 0.2) is 0 Å². The van der Waals surface area contributed by atoms with E-state index in [1.165, 1.54) is 0 Å². The summed E-state index contributed by atoms with van der Waals surface area (Å²) in [5.74, 6) is 0. The average Bonchev–Trinajstić information content (AvgIpc) is 1.85. The molecule has 0 aromatic carbocycles. The molecule has 0 aliphatic rings. The van der Waals surface area contributed by atoms with Crippen molar-refractivity contribution in [1.29, 1.82) is 0 Å². The predicted octanol–water partition coefficient (Wildman–Crippen LogP) is -0.317. The van der Waals surface area contributed by atoms with E-state index in [0.717, 1.165) is 0 Å². The van der Waals surface area contributed by atoms with Crippen LogP contribution in [-0.2, 0) is 13.6 Å². The lowest BCUT2D eigenvalue weighted by Gasteiger charge is -2.09. The summed E-state index contributed by atoms with van der Waals surface area (Å²) in [5, 5.41) is 0. The molecule has 0 aromatic heterocycles. The van der Waals surface area contributed by atoms with Crippen LogP contribution in [0, 0.1) is 0 Å². The van der Waals surface area contributed by atoms with E-state index in [1.807, 2.05) is 6.92 Å². The van der Waals surface area contributed by atoms with Gasteiger partial charge in [0.1, 0.15) is 0 Å². The molecular weight excluding hydrogens is 136 g/mol. The van der Waals surface area contributed by atoms with E-state index in [2.05, 4.69) is 0 Å². The van der Waals surface area contributed by atoms with Crippen LogP contribution in [-0.4, -0.2) is 36.9 Å². The van der Waals surface area contributed by atoms with Gasteiger partial charge in [-0.05, 0) is 6.92 Å². The van der Waals surface area contributed by atoms with Crippen molar-refractivity contribution >= 4 is 10.0 Å². The Hall–Kier alpha value is 0.0969. The minimum atomic E-state index is -0.726. The second-order valence-electron chi connectivity index (χ2n) is 1.84. The van der Waals surface area contributed by atoms with Gasteiger partial charge in [0, 0.05) is 14.2 Å². The van der Waals surface area contributed by atoms with Crippen molar-refractivity contribution in [3.05, 3.63) is 0 Å². The minimum absolute atomic E-state index is 0.182. The first kappa shape index (κ1) is 9.10. The van der Waals surface area contributed by atoms with E-state index >= 15 is 0 Å². The quantitative estimate of drug-likeness (QED) is 0.503. The molecule has 0 bridgehead atoms. The number of methoxy groups -OCH3 is 1. The molecule has 0 amide bonds. The largest absolute Gasteiger partial charge is 0.402 e. The van der Waals surface area contributed by atoms with E-state index < -0.39 is 10.0 Å².